The van der Waals surface area contributed by atoms with E-state index in [-0.39, 0.29) is 44.0 Å². The second kappa shape index (κ2) is 49.9. The van der Waals surface area contributed by atoms with E-state index < -0.39 is 6.10 Å². The molecule has 6 heteroatoms. The fourth-order valence-corrected chi connectivity index (χ4v) is 5.84. The van der Waals surface area contributed by atoms with E-state index in [9.17, 15) is 14.4 Å². The van der Waals surface area contributed by atoms with E-state index in [4.69, 9.17) is 14.2 Å². The quantitative estimate of drug-likeness (QED) is 0.0200. The zero-order valence-electron chi connectivity index (χ0n) is 39.8. The van der Waals surface area contributed by atoms with Crippen molar-refractivity contribution in [3.8, 4) is 0 Å². The van der Waals surface area contributed by atoms with Crippen LogP contribution in [0.15, 0.2) is 146 Å². The minimum absolute atomic E-state index is 0.127. The Morgan fingerprint density at radius 2 is 0.698 bits per heavy atom. The molecule has 0 rings (SSSR count). The van der Waals surface area contributed by atoms with Crippen LogP contribution in [0.1, 0.15) is 175 Å². The van der Waals surface area contributed by atoms with Crippen molar-refractivity contribution in [3.63, 3.8) is 0 Å². The number of carbonyl (C=O) groups is 3. The molecule has 0 saturated heterocycles. The van der Waals surface area contributed by atoms with E-state index in [0.29, 0.717) is 19.3 Å². The van der Waals surface area contributed by atoms with Gasteiger partial charge in [-0.15, -0.1) is 0 Å². The lowest BCUT2D eigenvalue weighted by molar-refractivity contribution is -0.167. The van der Waals surface area contributed by atoms with Crippen LogP contribution in [0, 0.1) is 0 Å². The molecule has 1 atom stereocenters. The normalized spacial score (nSPS) is 13.4. The molecular weight excluding hydrogens is 781 g/mol. The molecule has 0 aliphatic carbocycles. The van der Waals surface area contributed by atoms with E-state index in [1.54, 1.807) is 0 Å². The standard InChI is InChI=1S/C57H86O6/c1-4-7-10-13-16-19-22-24-26-28-29-31-32-35-38-41-44-47-50-56(59)62-53-54(52-61-55(58)49-46-43-40-37-34-21-18-15-12-9-6-3)63-57(60)51-48-45-42-39-36-33-30-27-25-23-20-17-14-11-8-5-2/h8-13,16-22,24-29,31,33,36-37,40,54H,4-7,14-15,23,30,32,34-35,38-39,41-53H2,1-3H3/b11-8-,12-9-,13-10-,19-16-,20-17-,21-18-,24-22-,27-25-,28-26-,31-29-,36-33-,40-37-. The van der Waals surface area contributed by atoms with Crippen LogP contribution in [-0.4, -0.2) is 37.2 Å². The molecule has 0 radical (unpaired) electrons. The molecule has 0 heterocycles. The van der Waals surface area contributed by atoms with E-state index >= 15 is 0 Å². The van der Waals surface area contributed by atoms with Crippen LogP contribution < -0.4 is 0 Å². The maximum atomic E-state index is 12.8. The third-order valence-electron chi connectivity index (χ3n) is 9.42. The van der Waals surface area contributed by atoms with Gasteiger partial charge in [-0.05, 0) is 103 Å². The van der Waals surface area contributed by atoms with Gasteiger partial charge in [-0.25, -0.2) is 0 Å². The van der Waals surface area contributed by atoms with Crippen molar-refractivity contribution in [1.29, 1.82) is 0 Å². The van der Waals surface area contributed by atoms with Gasteiger partial charge in [0.2, 0.25) is 0 Å². The molecule has 0 aliphatic rings. The molecule has 63 heavy (non-hydrogen) atoms. The Balaban J connectivity index is 4.57. The van der Waals surface area contributed by atoms with Gasteiger partial charge >= 0.3 is 17.9 Å². The summed E-state index contributed by atoms with van der Waals surface area (Å²) < 4.78 is 16.7. The highest BCUT2D eigenvalue weighted by molar-refractivity contribution is 5.71. The summed E-state index contributed by atoms with van der Waals surface area (Å²) in [7, 11) is 0. The van der Waals surface area contributed by atoms with Crippen LogP contribution in [0.25, 0.3) is 0 Å². The highest BCUT2D eigenvalue weighted by Gasteiger charge is 2.19. The Labute approximate surface area is 385 Å². The summed E-state index contributed by atoms with van der Waals surface area (Å²) in [6.45, 7) is 6.18. The Bertz CT molecular complexity index is 1460. The molecule has 0 bridgehead atoms. The van der Waals surface area contributed by atoms with Crippen LogP contribution >= 0.6 is 0 Å². The molecule has 0 aromatic heterocycles. The first-order chi connectivity index (χ1) is 31.0. The number of esters is 3. The average Bonchev–Trinajstić information content (AvgIpc) is 3.28. The van der Waals surface area contributed by atoms with Gasteiger partial charge in [-0.1, -0.05) is 199 Å². The SMILES string of the molecule is CC/C=C\C/C=C\C/C=C\C/C=C\CCCCCC(=O)OC(COC(=O)CCC/C=C\C/C=C\C/C=C\CC)COC(=O)CCCCCCC\C=C/C=C\C=C/C=C\C=C/CCC. The van der Waals surface area contributed by atoms with Crippen LogP contribution in [0.2, 0.25) is 0 Å². The fraction of sp³-hybridized carbons (Fsp3) is 0.526. The summed E-state index contributed by atoms with van der Waals surface area (Å²) in [5.74, 6) is -1.05. The Hall–Kier alpha value is -4.71. The summed E-state index contributed by atoms with van der Waals surface area (Å²) in [5.41, 5.74) is 0. The van der Waals surface area contributed by atoms with Crippen molar-refractivity contribution in [2.45, 2.75) is 181 Å². The maximum absolute atomic E-state index is 12.8. The molecular formula is C57H86O6. The first-order valence-electron chi connectivity index (χ1n) is 24.4. The summed E-state index contributed by atoms with van der Waals surface area (Å²) in [6, 6.07) is 0. The zero-order chi connectivity index (χ0) is 45.8. The van der Waals surface area contributed by atoms with Crippen molar-refractivity contribution < 1.29 is 28.6 Å². The van der Waals surface area contributed by atoms with Gasteiger partial charge < -0.3 is 14.2 Å². The number of rotatable bonds is 41. The van der Waals surface area contributed by atoms with E-state index in [1.807, 2.05) is 36.5 Å². The van der Waals surface area contributed by atoms with Crippen molar-refractivity contribution in [1.82, 2.24) is 0 Å². The maximum Gasteiger partial charge on any atom is 0.306 e. The molecule has 0 N–H and O–H groups in total. The number of unbranched alkanes of at least 4 members (excludes halogenated alkanes) is 10. The molecule has 6 nitrogen and oxygen atoms in total. The number of hydrogen-bond acceptors (Lipinski definition) is 6. The topological polar surface area (TPSA) is 78.9 Å². The van der Waals surface area contributed by atoms with Crippen molar-refractivity contribution in [2.24, 2.45) is 0 Å². The summed E-state index contributed by atoms with van der Waals surface area (Å²) in [4.78, 5) is 37.9. The summed E-state index contributed by atoms with van der Waals surface area (Å²) in [5, 5.41) is 0. The summed E-state index contributed by atoms with van der Waals surface area (Å²) >= 11 is 0. The molecule has 0 aromatic carbocycles. The minimum Gasteiger partial charge on any atom is -0.462 e. The second-order valence-corrected chi connectivity index (χ2v) is 15.4. The highest BCUT2D eigenvalue weighted by Crippen LogP contribution is 2.11. The monoisotopic (exact) mass is 867 g/mol. The lowest BCUT2D eigenvalue weighted by Crippen LogP contribution is -2.30. The van der Waals surface area contributed by atoms with Crippen molar-refractivity contribution >= 4 is 17.9 Å². The van der Waals surface area contributed by atoms with Gasteiger partial charge in [-0.3, -0.25) is 14.4 Å². The van der Waals surface area contributed by atoms with Gasteiger partial charge in [-0.2, -0.15) is 0 Å². The van der Waals surface area contributed by atoms with Gasteiger partial charge in [0.05, 0.1) is 0 Å². The molecule has 0 aromatic rings. The van der Waals surface area contributed by atoms with Crippen LogP contribution in [0.3, 0.4) is 0 Å². The molecule has 350 valence electrons. The smallest absolute Gasteiger partial charge is 0.306 e. The van der Waals surface area contributed by atoms with Crippen LogP contribution in [0.5, 0.6) is 0 Å². The minimum atomic E-state index is -0.831. The second-order valence-electron chi connectivity index (χ2n) is 15.4. The van der Waals surface area contributed by atoms with Gasteiger partial charge in [0, 0.05) is 19.3 Å². The molecule has 0 fully saturated rings. The van der Waals surface area contributed by atoms with Gasteiger partial charge in [0.25, 0.3) is 0 Å². The number of carbonyl (C=O) groups excluding carboxylic acids is 3. The van der Waals surface area contributed by atoms with Gasteiger partial charge in [0.15, 0.2) is 6.10 Å². The molecule has 1 unspecified atom stereocenters. The third-order valence-corrected chi connectivity index (χ3v) is 9.42. The number of allylic oxidation sites excluding steroid dienone is 24. The first-order valence-corrected chi connectivity index (χ1v) is 24.4. The Kier molecular flexibility index (Phi) is 46.2. The largest absolute Gasteiger partial charge is 0.462 e. The van der Waals surface area contributed by atoms with Crippen molar-refractivity contribution in [3.05, 3.63) is 146 Å². The zero-order valence-corrected chi connectivity index (χ0v) is 39.8. The van der Waals surface area contributed by atoms with Gasteiger partial charge in [0.1, 0.15) is 13.2 Å². The van der Waals surface area contributed by atoms with E-state index in [2.05, 4.69) is 130 Å². The molecule has 0 amide bonds. The number of ether oxygens (including phenoxy) is 3. The third kappa shape index (κ3) is 48.2. The Morgan fingerprint density at radius 3 is 1.19 bits per heavy atom. The highest BCUT2D eigenvalue weighted by atomic mass is 16.6. The molecule has 0 saturated carbocycles. The average molecular weight is 867 g/mol. The lowest BCUT2D eigenvalue weighted by Gasteiger charge is -2.18. The predicted molar refractivity (Wildman–Crippen MR) is 269 cm³/mol. The fourth-order valence-electron chi connectivity index (χ4n) is 5.84. The summed E-state index contributed by atoms with van der Waals surface area (Å²) in [6.07, 6.45) is 71.2. The van der Waals surface area contributed by atoms with Crippen molar-refractivity contribution in [2.75, 3.05) is 13.2 Å². The van der Waals surface area contributed by atoms with Crippen LogP contribution in [0.4, 0.5) is 0 Å². The van der Waals surface area contributed by atoms with E-state index in [1.165, 1.54) is 6.42 Å². The Morgan fingerprint density at radius 1 is 0.349 bits per heavy atom. The molecule has 0 spiro atoms. The number of hydrogen-bond donors (Lipinski definition) is 0. The molecule has 0 aliphatic heterocycles. The first kappa shape index (κ1) is 58.3. The van der Waals surface area contributed by atoms with Crippen LogP contribution in [-0.2, 0) is 28.6 Å². The predicted octanol–water partition coefficient (Wildman–Crippen LogP) is 16.1. The lowest BCUT2D eigenvalue weighted by atomic mass is 10.1. The van der Waals surface area contributed by atoms with E-state index in [0.717, 1.165) is 116 Å².